The lowest BCUT2D eigenvalue weighted by molar-refractivity contribution is -0.139. The molecule has 3 aromatic rings. The number of benzene rings is 2. The van der Waals surface area contributed by atoms with Crippen LogP contribution in [0.15, 0.2) is 42.5 Å². The summed E-state index contributed by atoms with van der Waals surface area (Å²) in [5.74, 6) is -0.763. The Bertz CT molecular complexity index is 1100. The number of nitrogens with one attached hydrogen (secondary N) is 1. The lowest BCUT2D eigenvalue weighted by atomic mass is 10.0. The number of nitrogens with zero attached hydrogens (tertiary/aromatic N) is 2. The Balaban J connectivity index is 1.52. The molecule has 31 heavy (non-hydrogen) atoms. The number of piperazine rings is 1. The van der Waals surface area contributed by atoms with Gasteiger partial charge in [0, 0.05) is 59.2 Å². The number of aliphatic carboxylic acids is 1. The van der Waals surface area contributed by atoms with Crippen LogP contribution in [0.4, 0.5) is 0 Å². The van der Waals surface area contributed by atoms with Gasteiger partial charge in [0.05, 0.1) is 6.54 Å². The zero-order valence-electron chi connectivity index (χ0n) is 16.9. The van der Waals surface area contributed by atoms with Gasteiger partial charge in [-0.25, -0.2) is 0 Å². The number of halogens is 2. The second-order valence-electron chi connectivity index (χ2n) is 7.73. The first-order valence-electron chi connectivity index (χ1n) is 10.2. The van der Waals surface area contributed by atoms with Gasteiger partial charge in [-0.3, -0.25) is 14.5 Å². The van der Waals surface area contributed by atoms with E-state index in [-0.39, 0.29) is 12.5 Å². The molecule has 6 nitrogen and oxygen atoms in total. The summed E-state index contributed by atoms with van der Waals surface area (Å²) < 4.78 is 0. The number of carboxylic acids is 1. The fraction of sp³-hybridized carbons (Fsp3) is 0.304. The summed E-state index contributed by atoms with van der Waals surface area (Å²) in [4.78, 5) is 30.9. The number of aromatic nitrogens is 1. The van der Waals surface area contributed by atoms with Gasteiger partial charge in [0.1, 0.15) is 0 Å². The van der Waals surface area contributed by atoms with E-state index in [9.17, 15) is 9.59 Å². The fourth-order valence-electron chi connectivity index (χ4n) is 4.08. The smallest absolute Gasteiger partial charge is 0.317 e. The van der Waals surface area contributed by atoms with Crippen molar-refractivity contribution in [2.75, 3.05) is 32.7 Å². The molecule has 1 saturated heterocycles. The van der Waals surface area contributed by atoms with Gasteiger partial charge in [0.2, 0.25) is 5.91 Å². The highest BCUT2D eigenvalue weighted by Crippen LogP contribution is 2.33. The summed E-state index contributed by atoms with van der Waals surface area (Å²) in [5, 5.41) is 11.3. The molecule has 4 rings (SSSR count). The maximum atomic E-state index is 12.9. The number of aromatic amines is 1. The highest BCUT2D eigenvalue weighted by atomic mass is 35.5. The lowest BCUT2D eigenvalue weighted by Crippen LogP contribution is -2.49. The molecule has 2 heterocycles. The molecule has 8 heteroatoms. The van der Waals surface area contributed by atoms with Crippen molar-refractivity contribution in [1.82, 2.24) is 14.8 Å². The van der Waals surface area contributed by atoms with Crippen molar-refractivity contribution in [1.29, 1.82) is 0 Å². The monoisotopic (exact) mass is 459 g/mol. The first-order valence-corrected chi connectivity index (χ1v) is 10.9. The van der Waals surface area contributed by atoms with Crippen molar-refractivity contribution in [2.24, 2.45) is 0 Å². The Morgan fingerprint density at radius 1 is 0.968 bits per heavy atom. The first-order chi connectivity index (χ1) is 14.9. The minimum absolute atomic E-state index is 0.0164. The van der Waals surface area contributed by atoms with E-state index in [0.717, 1.165) is 27.7 Å². The van der Waals surface area contributed by atoms with E-state index in [1.807, 2.05) is 52.3 Å². The molecule has 0 aliphatic carbocycles. The van der Waals surface area contributed by atoms with Crippen LogP contribution < -0.4 is 0 Å². The molecule has 162 valence electrons. The number of amides is 1. The van der Waals surface area contributed by atoms with Crippen LogP contribution in [0.5, 0.6) is 0 Å². The molecule has 2 N–H and O–H groups in total. The number of fused-ring (bicyclic) bond motifs is 1. The number of carbonyl (C=O) groups is 2. The Labute approximate surface area is 190 Å². The van der Waals surface area contributed by atoms with Crippen LogP contribution in [-0.2, 0) is 16.0 Å². The summed E-state index contributed by atoms with van der Waals surface area (Å²) >= 11 is 12.3. The summed E-state index contributed by atoms with van der Waals surface area (Å²) in [6.45, 7) is 2.28. The molecule has 0 saturated carbocycles. The number of carboxylic acid groups (broad SMARTS) is 1. The number of rotatable bonds is 6. The van der Waals surface area contributed by atoms with Crippen molar-refractivity contribution in [3.63, 3.8) is 0 Å². The topological polar surface area (TPSA) is 76.6 Å². The molecule has 0 spiro atoms. The van der Waals surface area contributed by atoms with Crippen LogP contribution in [-0.4, -0.2) is 64.5 Å². The first kappa shape index (κ1) is 21.7. The minimum Gasteiger partial charge on any atom is -0.480 e. The number of aryl methyl sites for hydroxylation is 1. The van der Waals surface area contributed by atoms with Gasteiger partial charge in [-0.15, -0.1) is 0 Å². The quantitative estimate of drug-likeness (QED) is 0.575. The lowest BCUT2D eigenvalue weighted by Gasteiger charge is -2.33. The molecular weight excluding hydrogens is 437 g/mol. The van der Waals surface area contributed by atoms with E-state index in [2.05, 4.69) is 4.98 Å². The third-order valence-electron chi connectivity index (χ3n) is 5.67. The number of hydrogen-bond donors (Lipinski definition) is 2. The third kappa shape index (κ3) is 5.03. The predicted octanol–water partition coefficient (Wildman–Crippen LogP) is 4.30. The van der Waals surface area contributed by atoms with Crippen LogP contribution in [0.3, 0.4) is 0 Å². The highest BCUT2D eigenvalue weighted by Gasteiger charge is 2.23. The van der Waals surface area contributed by atoms with E-state index in [1.54, 1.807) is 0 Å². The number of H-pyrrole nitrogens is 1. The minimum atomic E-state index is -0.840. The summed E-state index contributed by atoms with van der Waals surface area (Å²) in [5.41, 5.74) is 3.99. The Morgan fingerprint density at radius 2 is 1.65 bits per heavy atom. The molecule has 1 fully saturated rings. The van der Waals surface area contributed by atoms with Gasteiger partial charge in [0.15, 0.2) is 0 Å². The van der Waals surface area contributed by atoms with Crippen LogP contribution in [0.25, 0.3) is 22.2 Å². The van der Waals surface area contributed by atoms with E-state index in [4.69, 9.17) is 28.3 Å². The SMILES string of the molecule is O=C(O)CN1CCN(C(=O)CCc2c(-c3ccc(Cl)cc3)[nH]c3ccc(Cl)cc23)CC1. The predicted molar refractivity (Wildman–Crippen MR) is 123 cm³/mol. The van der Waals surface area contributed by atoms with Gasteiger partial charge >= 0.3 is 5.97 Å². The van der Waals surface area contributed by atoms with Crippen molar-refractivity contribution in [2.45, 2.75) is 12.8 Å². The van der Waals surface area contributed by atoms with E-state index in [1.165, 1.54) is 0 Å². The Kier molecular flexibility index (Phi) is 6.51. The number of hydrogen-bond acceptors (Lipinski definition) is 3. The molecule has 1 aliphatic heterocycles. The molecule has 0 unspecified atom stereocenters. The largest absolute Gasteiger partial charge is 0.480 e. The zero-order valence-corrected chi connectivity index (χ0v) is 18.4. The maximum absolute atomic E-state index is 12.9. The normalized spacial score (nSPS) is 14.8. The van der Waals surface area contributed by atoms with Crippen molar-refractivity contribution >= 4 is 46.0 Å². The van der Waals surface area contributed by atoms with Crippen molar-refractivity contribution < 1.29 is 14.7 Å². The van der Waals surface area contributed by atoms with E-state index < -0.39 is 5.97 Å². The molecule has 0 bridgehead atoms. The molecule has 2 aromatic carbocycles. The summed E-state index contributed by atoms with van der Waals surface area (Å²) in [6.07, 6.45) is 0.950. The summed E-state index contributed by atoms with van der Waals surface area (Å²) in [7, 11) is 0. The standard InChI is InChI=1S/C23H23Cl2N3O3/c24-16-3-1-15(2-4-16)23-18(19-13-17(25)5-7-20(19)26-23)6-8-21(29)28-11-9-27(10-12-28)14-22(30)31/h1-5,7,13,26H,6,8-12,14H2,(H,30,31). The van der Waals surface area contributed by atoms with E-state index in [0.29, 0.717) is 49.1 Å². The van der Waals surface area contributed by atoms with E-state index >= 15 is 0 Å². The molecule has 1 aliphatic rings. The van der Waals surface area contributed by atoms with Gasteiger partial charge < -0.3 is 15.0 Å². The van der Waals surface area contributed by atoms with Gasteiger partial charge in [-0.1, -0.05) is 35.3 Å². The Hall–Kier alpha value is -2.54. The summed E-state index contributed by atoms with van der Waals surface area (Å²) in [6, 6.07) is 13.3. The second-order valence-corrected chi connectivity index (χ2v) is 8.60. The van der Waals surface area contributed by atoms with Crippen LogP contribution in [0.1, 0.15) is 12.0 Å². The molecule has 1 amide bonds. The third-order valence-corrected chi connectivity index (χ3v) is 6.16. The fourth-order valence-corrected chi connectivity index (χ4v) is 4.38. The Morgan fingerprint density at radius 3 is 2.32 bits per heavy atom. The average Bonchev–Trinajstić information content (AvgIpc) is 3.10. The van der Waals surface area contributed by atoms with Gasteiger partial charge in [-0.2, -0.15) is 0 Å². The van der Waals surface area contributed by atoms with Crippen LogP contribution in [0, 0.1) is 0 Å². The highest BCUT2D eigenvalue weighted by molar-refractivity contribution is 6.31. The maximum Gasteiger partial charge on any atom is 0.317 e. The molecular formula is C23H23Cl2N3O3. The molecule has 0 radical (unpaired) electrons. The molecule has 0 atom stereocenters. The van der Waals surface area contributed by atoms with Crippen LogP contribution >= 0.6 is 23.2 Å². The van der Waals surface area contributed by atoms with Gasteiger partial charge in [-0.05, 0) is 47.9 Å². The van der Waals surface area contributed by atoms with Crippen molar-refractivity contribution in [3.05, 3.63) is 58.1 Å². The zero-order chi connectivity index (χ0) is 22.0. The van der Waals surface area contributed by atoms with Crippen LogP contribution in [0.2, 0.25) is 10.0 Å². The average molecular weight is 460 g/mol. The van der Waals surface area contributed by atoms with Crippen molar-refractivity contribution in [3.8, 4) is 11.3 Å². The molecule has 1 aromatic heterocycles. The number of carbonyl (C=O) groups excluding carboxylic acids is 1. The second kappa shape index (κ2) is 9.30. The van der Waals surface area contributed by atoms with Gasteiger partial charge in [0.25, 0.3) is 0 Å².